The number of benzene rings is 1. The highest BCUT2D eigenvalue weighted by molar-refractivity contribution is 7.91. The van der Waals surface area contributed by atoms with Gasteiger partial charge in [0.05, 0.1) is 17.1 Å². The van der Waals surface area contributed by atoms with E-state index in [0.717, 1.165) is 6.07 Å². The molecular formula is C12H17FN2O3S. The summed E-state index contributed by atoms with van der Waals surface area (Å²) in [7, 11) is -0.00889. The van der Waals surface area contributed by atoms with Gasteiger partial charge in [-0.05, 0) is 31.8 Å². The lowest BCUT2D eigenvalue weighted by Gasteiger charge is -2.10. The van der Waals surface area contributed by atoms with E-state index in [9.17, 15) is 17.6 Å². The number of amides is 1. The summed E-state index contributed by atoms with van der Waals surface area (Å²) in [5.74, 6) is -1.49. The minimum absolute atomic E-state index is 0.0833. The van der Waals surface area contributed by atoms with E-state index in [1.54, 1.807) is 19.0 Å². The number of hydrogen-bond donors (Lipinski definition) is 1. The maximum Gasteiger partial charge on any atom is 0.221 e. The van der Waals surface area contributed by atoms with Crippen molar-refractivity contribution >= 4 is 15.7 Å². The van der Waals surface area contributed by atoms with E-state index in [1.165, 1.54) is 12.1 Å². The number of halogens is 1. The summed E-state index contributed by atoms with van der Waals surface area (Å²) in [5, 5.41) is 0. The van der Waals surface area contributed by atoms with Crippen molar-refractivity contribution in [3.63, 3.8) is 0 Å². The number of primary amides is 1. The first-order valence-corrected chi connectivity index (χ1v) is 7.32. The van der Waals surface area contributed by atoms with Crippen molar-refractivity contribution in [2.75, 3.05) is 26.4 Å². The van der Waals surface area contributed by atoms with Crippen LogP contribution in [0.5, 0.6) is 0 Å². The van der Waals surface area contributed by atoms with Crippen molar-refractivity contribution in [1.29, 1.82) is 0 Å². The van der Waals surface area contributed by atoms with Crippen LogP contribution in [0.4, 0.5) is 4.39 Å². The van der Waals surface area contributed by atoms with Crippen LogP contribution in [0.25, 0.3) is 0 Å². The molecule has 0 atom stereocenters. The summed E-state index contributed by atoms with van der Waals surface area (Å²) in [6, 6.07) is 3.51. The number of nitrogens with two attached hydrogens (primary N) is 1. The summed E-state index contributed by atoms with van der Waals surface area (Å²) in [4.78, 5) is 12.4. The van der Waals surface area contributed by atoms with E-state index in [-0.39, 0.29) is 22.6 Å². The van der Waals surface area contributed by atoms with Gasteiger partial charge in [-0.3, -0.25) is 4.79 Å². The van der Waals surface area contributed by atoms with Crippen LogP contribution in [0.2, 0.25) is 0 Å². The van der Waals surface area contributed by atoms with Crippen LogP contribution < -0.4 is 5.73 Å². The zero-order chi connectivity index (χ0) is 14.6. The Hall–Kier alpha value is -1.47. The second kappa shape index (κ2) is 6.12. The Bertz CT molecular complexity index is 570. The van der Waals surface area contributed by atoms with Crippen molar-refractivity contribution in [3.8, 4) is 0 Å². The van der Waals surface area contributed by atoms with E-state index in [4.69, 9.17) is 5.73 Å². The lowest BCUT2D eigenvalue weighted by atomic mass is 10.1. The Morgan fingerprint density at radius 3 is 2.47 bits per heavy atom. The molecule has 0 saturated heterocycles. The van der Waals surface area contributed by atoms with Crippen LogP contribution in [-0.2, 0) is 21.1 Å². The minimum Gasteiger partial charge on any atom is -0.369 e. The standard InChI is InChI=1S/C12H17FN2O3S/c1-15(2)5-6-19(17,18)10-4-3-9(7-12(14)16)11(13)8-10/h3-4,8H,5-7H2,1-2H3,(H2,14,16). The van der Waals surface area contributed by atoms with Crippen molar-refractivity contribution < 1.29 is 17.6 Å². The van der Waals surface area contributed by atoms with E-state index < -0.39 is 21.6 Å². The SMILES string of the molecule is CN(C)CCS(=O)(=O)c1ccc(CC(N)=O)c(F)c1. The Balaban J connectivity index is 2.97. The van der Waals surface area contributed by atoms with E-state index in [0.29, 0.717) is 6.54 Å². The van der Waals surface area contributed by atoms with Crippen molar-refractivity contribution in [2.24, 2.45) is 5.73 Å². The molecule has 0 radical (unpaired) electrons. The van der Waals surface area contributed by atoms with Gasteiger partial charge in [0.1, 0.15) is 5.82 Å². The lowest BCUT2D eigenvalue weighted by molar-refractivity contribution is -0.117. The van der Waals surface area contributed by atoms with Crippen LogP contribution in [0.1, 0.15) is 5.56 Å². The molecule has 0 unspecified atom stereocenters. The summed E-state index contributed by atoms with van der Waals surface area (Å²) in [5.41, 5.74) is 5.07. The van der Waals surface area contributed by atoms with Gasteiger partial charge in [-0.2, -0.15) is 0 Å². The molecule has 106 valence electrons. The molecule has 0 fully saturated rings. The Morgan fingerprint density at radius 2 is 2.00 bits per heavy atom. The average molecular weight is 288 g/mol. The Labute approximate surface area is 112 Å². The van der Waals surface area contributed by atoms with Gasteiger partial charge in [0.25, 0.3) is 0 Å². The molecule has 0 spiro atoms. The molecule has 0 heterocycles. The third-order valence-electron chi connectivity index (χ3n) is 2.56. The summed E-state index contributed by atoms with van der Waals surface area (Å²) >= 11 is 0. The largest absolute Gasteiger partial charge is 0.369 e. The highest BCUT2D eigenvalue weighted by Gasteiger charge is 2.17. The minimum atomic E-state index is -3.52. The van der Waals surface area contributed by atoms with Crippen LogP contribution in [0.3, 0.4) is 0 Å². The number of hydrogen-bond acceptors (Lipinski definition) is 4. The quantitative estimate of drug-likeness (QED) is 0.810. The second-order valence-corrected chi connectivity index (χ2v) is 6.63. The summed E-state index contributed by atoms with van der Waals surface area (Å²) in [6.45, 7) is 0.354. The maximum absolute atomic E-state index is 13.7. The molecule has 2 N–H and O–H groups in total. The lowest BCUT2D eigenvalue weighted by Crippen LogP contribution is -2.22. The normalized spacial score (nSPS) is 11.8. The Morgan fingerprint density at radius 1 is 1.37 bits per heavy atom. The van der Waals surface area contributed by atoms with E-state index in [1.807, 2.05) is 0 Å². The zero-order valence-corrected chi connectivity index (χ0v) is 11.7. The van der Waals surface area contributed by atoms with Gasteiger partial charge in [-0.15, -0.1) is 0 Å². The molecule has 19 heavy (non-hydrogen) atoms. The molecule has 0 aliphatic heterocycles. The van der Waals surface area contributed by atoms with E-state index in [2.05, 4.69) is 0 Å². The fourth-order valence-electron chi connectivity index (χ4n) is 1.47. The van der Waals surface area contributed by atoms with Gasteiger partial charge in [0.15, 0.2) is 9.84 Å². The van der Waals surface area contributed by atoms with Crippen LogP contribution in [0, 0.1) is 5.82 Å². The maximum atomic E-state index is 13.7. The molecule has 5 nitrogen and oxygen atoms in total. The number of rotatable bonds is 6. The molecule has 1 aromatic rings. The van der Waals surface area contributed by atoms with Gasteiger partial charge in [-0.25, -0.2) is 12.8 Å². The van der Waals surface area contributed by atoms with Gasteiger partial charge in [0.2, 0.25) is 5.91 Å². The predicted molar refractivity (Wildman–Crippen MR) is 69.9 cm³/mol. The first-order valence-electron chi connectivity index (χ1n) is 5.66. The molecule has 0 bridgehead atoms. The summed E-state index contributed by atoms with van der Waals surface area (Å²) < 4.78 is 37.5. The molecule has 0 aliphatic rings. The van der Waals surface area contributed by atoms with Crippen molar-refractivity contribution in [2.45, 2.75) is 11.3 Å². The molecule has 0 aliphatic carbocycles. The third kappa shape index (κ3) is 4.60. The van der Waals surface area contributed by atoms with Gasteiger partial charge in [-0.1, -0.05) is 6.07 Å². The monoisotopic (exact) mass is 288 g/mol. The molecule has 7 heteroatoms. The predicted octanol–water partition coefficient (Wildman–Crippen LogP) is 0.189. The average Bonchev–Trinajstić information content (AvgIpc) is 2.28. The smallest absolute Gasteiger partial charge is 0.221 e. The molecule has 1 rings (SSSR count). The first kappa shape index (κ1) is 15.6. The topological polar surface area (TPSA) is 80.5 Å². The molecule has 0 aromatic heterocycles. The fraction of sp³-hybridized carbons (Fsp3) is 0.417. The van der Waals surface area contributed by atoms with Crippen LogP contribution in [-0.4, -0.2) is 45.6 Å². The fourth-order valence-corrected chi connectivity index (χ4v) is 2.87. The molecular weight excluding hydrogens is 271 g/mol. The third-order valence-corrected chi connectivity index (χ3v) is 4.25. The Kier molecular flexibility index (Phi) is 5.02. The number of carbonyl (C=O) groups excluding carboxylic acids is 1. The van der Waals surface area contributed by atoms with Crippen LogP contribution >= 0.6 is 0 Å². The van der Waals surface area contributed by atoms with Crippen molar-refractivity contribution in [3.05, 3.63) is 29.6 Å². The highest BCUT2D eigenvalue weighted by atomic mass is 32.2. The van der Waals surface area contributed by atoms with Crippen molar-refractivity contribution in [1.82, 2.24) is 4.90 Å². The molecule has 0 saturated carbocycles. The second-order valence-electron chi connectivity index (χ2n) is 4.52. The van der Waals surface area contributed by atoms with Gasteiger partial charge < -0.3 is 10.6 Å². The zero-order valence-electron chi connectivity index (χ0n) is 10.9. The number of nitrogens with zero attached hydrogens (tertiary/aromatic N) is 1. The summed E-state index contributed by atoms with van der Waals surface area (Å²) in [6.07, 6.45) is -0.246. The van der Waals surface area contributed by atoms with Gasteiger partial charge >= 0.3 is 0 Å². The first-order chi connectivity index (χ1) is 8.72. The highest BCUT2D eigenvalue weighted by Crippen LogP contribution is 2.16. The number of sulfone groups is 1. The molecule has 1 aromatic carbocycles. The molecule has 1 amide bonds. The van der Waals surface area contributed by atoms with E-state index >= 15 is 0 Å². The number of carbonyl (C=O) groups is 1. The van der Waals surface area contributed by atoms with Gasteiger partial charge in [0, 0.05) is 6.54 Å². The van der Waals surface area contributed by atoms with Crippen LogP contribution in [0.15, 0.2) is 23.1 Å².